The second-order valence-electron chi connectivity index (χ2n) is 5.43. The molecule has 3 N–H and O–H groups in total. The van der Waals surface area contributed by atoms with Gasteiger partial charge in [-0.05, 0) is 11.3 Å². The number of carbonyl (C=O) groups excluding carboxylic acids is 1. The quantitative estimate of drug-likeness (QED) is 0.725. The Morgan fingerprint density at radius 1 is 1.40 bits per heavy atom. The summed E-state index contributed by atoms with van der Waals surface area (Å²) in [5, 5.41) is 2.87. The normalized spacial score (nSPS) is 13.7. The maximum Gasteiger partial charge on any atom is 0.221 e. The molecule has 0 aliphatic heterocycles. The Kier molecular flexibility index (Phi) is 5.21. The predicted molar refractivity (Wildman–Crippen MR) is 67.6 cm³/mol. The summed E-state index contributed by atoms with van der Waals surface area (Å²) in [5.74, 6) is 0.236. The summed E-state index contributed by atoms with van der Waals surface area (Å²) in [6, 6.07) is -0.199. The molecule has 3 nitrogen and oxygen atoms in total. The molecule has 0 aliphatic rings. The van der Waals surface area contributed by atoms with Crippen molar-refractivity contribution in [2.24, 2.45) is 17.1 Å². The molecular formula is C11H22N2OS. The van der Waals surface area contributed by atoms with Crippen LogP contribution in [0.4, 0.5) is 0 Å². The summed E-state index contributed by atoms with van der Waals surface area (Å²) in [7, 11) is 0. The van der Waals surface area contributed by atoms with Crippen LogP contribution in [0.1, 0.15) is 41.0 Å². The van der Waals surface area contributed by atoms with Crippen molar-refractivity contribution in [3.63, 3.8) is 0 Å². The molecule has 0 spiro atoms. The Hall–Kier alpha value is -0.640. The summed E-state index contributed by atoms with van der Waals surface area (Å²) < 4.78 is 0. The van der Waals surface area contributed by atoms with E-state index in [0.29, 0.717) is 11.4 Å². The Morgan fingerprint density at radius 3 is 2.13 bits per heavy atom. The van der Waals surface area contributed by atoms with Crippen LogP contribution >= 0.6 is 12.2 Å². The van der Waals surface area contributed by atoms with Gasteiger partial charge < -0.3 is 11.1 Å². The minimum atomic E-state index is -0.199. The van der Waals surface area contributed by atoms with Crippen molar-refractivity contribution in [3.8, 4) is 0 Å². The fraction of sp³-hybridized carbons (Fsp3) is 0.818. The van der Waals surface area contributed by atoms with Crippen molar-refractivity contribution in [2.45, 2.75) is 47.1 Å². The average Bonchev–Trinajstić information content (AvgIpc) is 1.95. The van der Waals surface area contributed by atoms with E-state index >= 15 is 0 Å². The molecule has 0 fully saturated rings. The smallest absolute Gasteiger partial charge is 0.221 e. The van der Waals surface area contributed by atoms with Gasteiger partial charge in [0, 0.05) is 6.42 Å². The van der Waals surface area contributed by atoms with Crippen molar-refractivity contribution < 1.29 is 4.79 Å². The second-order valence-corrected chi connectivity index (χ2v) is 5.90. The van der Waals surface area contributed by atoms with Gasteiger partial charge in [-0.1, -0.05) is 46.8 Å². The molecule has 0 aromatic rings. The lowest BCUT2D eigenvalue weighted by molar-refractivity contribution is -0.123. The van der Waals surface area contributed by atoms with Crippen molar-refractivity contribution in [1.29, 1.82) is 0 Å². The van der Waals surface area contributed by atoms with Crippen LogP contribution in [0.3, 0.4) is 0 Å². The average molecular weight is 230 g/mol. The molecule has 1 amide bonds. The lowest BCUT2D eigenvalue weighted by atomic mass is 9.91. The van der Waals surface area contributed by atoms with Gasteiger partial charge in [-0.2, -0.15) is 0 Å². The van der Waals surface area contributed by atoms with Crippen LogP contribution < -0.4 is 11.1 Å². The SMILES string of the molecule is CC(C)C(NC(=O)CC(C)(C)C)C(N)=S. The van der Waals surface area contributed by atoms with Gasteiger partial charge in [0.2, 0.25) is 5.91 Å². The van der Waals surface area contributed by atoms with Gasteiger partial charge in [0.15, 0.2) is 0 Å². The first-order valence-electron chi connectivity index (χ1n) is 5.22. The number of nitrogens with one attached hydrogen (secondary N) is 1. The van der Waals surface area contributed by atoms with Crippen LogP contribution in [0.2, 0.25) is 0 Å². The number of nitrogens with two attached hydrogens (primary N) is 1. The van der Waals surface area contributed by atoms with E-state index in [1.165, 1.54) is 0 Å². The highest BCUT2D eigenvalue weighted by atomic mass is 32.1. The molecule has 4 heteroatoms. The van der Waals surface area contributed by atoms with Crippen molar-refractivity contribution >= 4 is 23.1 Å². The summed E-state index contributed by atoms with van der Waals surface area (Å²) in [4.78, 5) is 12.0. The maximum atomic E-state index is 11.7. The number of thiocarbonyl (C=S) groups is 1. The van der Waals surface area contributed by atoms with Gasteiger partial charge in [-0.25, -0.2) is 0 Å². The fourth-order valence-corrected chi connectivity index (χ4v) is 1.60. The van der Waals surface area contributed by atoms with Crippen LogP contribution in [-0.2, 0) is 4.79 Å². The molecule has 0 radical (unpaired) electrons. The van der Waals surface area contributed by atoms with E-state index in [-0.39, 0.29) is 23.3 Å². The van der Waals surface area contributed by atoms with E-state index in [0.717, 1.165) is 0 Å². The molecule has 0 saturated carbocycles. The van der Waals surface area contributed by atoms with E-state index < -0.39 is 0 Å². The van der Waals surface area contributed by atoms with E-state index in [2.05, 4.69) is 5.32 Å². The molecule has 15 heavy (non-hydrogen) atoms. The first-order chi connectivity index (χ1) is 6.63. The molecule has 88 valence electrons. The minimum Gasteiger partial charge on any atom is -0.392 e. The third-order valence-corrected chi connectivity index (χ3v) is 2.23. The third kappa shape index (κ3) is 6.44. The van der Waals surface area contributed by atoms with Crippen LogP contribution in [0.25, 0.3) is 0 Å². The summed E-state index contributed by atoms with van der Waals surface area (Å²) in [5.41, 5.74) is 5.55. The standard InChI is InChI=1S/C11H22N2OS/c1-7(2)9(10(12)15)13-8(14)6-11(3,4)5/h7,9H,6H2,1-5H3,(H2,12,15)(H,13,14). The number of amides is 1. The molecule has 0 heterocycles. The minimum absolute atomic E-state index is 0.00833. The highest BCUT2D eigenvalue weighted by Crippen LogP contribution is 2.18. The molecule has 0 rings (SSSR count). The Labute approximate surface area is 97.8 Å². The number of rotatable bonds is 4. The van der Waals surface area contributed by atoms with Gasteiger partial charge in [0.25, 0.3) is 0 Å². The molecule has 1 unspecified atom stereocenters. The molecule has 0 saturated heterocycles. The summed E-state index contributed by atoms with van der Waals surface area (Å²) >= 11 is 4.92. The summed E-state index contributed by atoms with van der Waals surface area (Å²) in [6.07, 6.45) is 0.485. The lowest BCUT2D eigenvalue weighted by Crippen LogP contribution is -2.47. The molecule has 1 atom stereocenters. The molecule has 0 aromatic carbocycles. The van der Waals surface area contributed by atoms with Crippen LogP contribution in [0.5, 0.6) is 0 Å². The number of carbonyl (C=O) groups is 1. The fourth-order valence-electron chi connectivity index (χ4n) is 1.27. The topological polar surface area (TPSA) is 55.1 Å². The van der Waals surface area contributed by atoms with Gasteiger partial charge >= 0.3 is 0 Å². The van der Waals surface area contributed by atoms with Gasteiger partial charge in [0.05, 0.1) is 11.0 Å². The van der Waals surface area contributed by atoms with Crippen LogP contribution in [-0.4, -0.2) is 16.9 Å². The Morgan fingerprint density at radius 2 is 1.87 bits per heavy atom. The molecular weight excluding hydrogens is 208 g/mol. The van der Waals surface area contributed by atoms with Gasteiger partial charge in [0.1, 0.15) is 0 Å². The molecule has 0 aromatic heterocycles. The lowest BCUT2D eigenvalue weighted by Gasteiger charge is -2.24. The highest BCUT2D eigenvalue weighted by molar-refractivity contribution is 7.80. The van der Waals surface area contributed by atoms with Crippen molar-refractivity contribution in [3.05, 3.63) is 0 Å². The first kappa shape index (κ1) is 14.4. The molecule has 0 aliphatic carbocycles. The van der Waals surface area contributed by atoms with Crippen LogP contribution in [0, 0.1) is 11.3 Å². The van der Waals surface area contributed by atoms with E-state index in [1.54, 1.807) is 0 Å². The monoisotopic (exact) mass is 230 g/mol. The maximum absolute atomic E-state index is 11.7. The summed E-state index contributed by atoms with van der Waals surface area (Å²) in [6.45, 7) is 10.1. The van der Waals surface area contributed by atoms with Crippen LogP contribution in [0.15, 0.2) is 0 Å². The van der Waals surface area contributed by atoms with E-state index in [4.69, 9.17) is 18.0 Å². The number of hydrogen-bond acceptors (Lipinski definition) is 2. The van der Waals surface area contributed by atoms with Gasteiger partial charge in [-0.15, -0.1) is 0 Å². The van der Waals surface area contributed by atoms with Crippen molar-refractivity contribution in [2.75, 3.05) is 0 Å². The number of hydrogen-bond donors (Lipinski definition) is 2. The largest absolute Gasteiger partial charge is 0.392 e. The van der Waals surface area contributed by atoms with E-state index in [1.807, 2.05) is 34.6 Å². The zero-order valence-corrected chi connectivity index (χ0v) is 11.1. The third-order valence-electron chi connectivity index (χ3n) is 1.98. The first-order valence-corrected chi connectivity index (χ1v) is 5.63. The molecule has 0 bridgehead atoms. The predicted octanol–water partition coefficient (Wildman–Crippen LogP) is 1.85. The Bertz CT molecular complexity index is 243. The Balaban J connectivity index is 4.31. The highest BCUT2D eigenvalue weighted by Gasteiger charge is 2.22. The van der Waals surface area contributed by atoms with Crippen molar-refractivity contribution in [1.82, 2.24) is 5.32 Å². The second kappa shape index (κ2) is 5.45. The van der Waals surface area contributed by atoms with Gasteiger partial charge in [-0.3, -0.25) is 4.79 Å². The zero-order valence-electron chi connectivity index (χ0n) is 10.3. The van der Waals surface area contributed by atoms with E-state index in [9.17, 15) is 4.79 Å². The zero-order chi connectivity index (χ0) is 12.2.